The maximum Gasteiger partial charge on any atom is 0.284 e. The molecule has 24 heavy (non-hydrogen) atoms. The summed E-state index contributed by atoms with van der Waals surface area (Å²) < 4.78 is 11.4. The van der Waals surface area contributed by atoms with Gasteiger partial charge in [0.05, 0.1) is 12.7 Å². The lowest BCUT2D eigenvalue weighted by Gasteiger charge is -2.04. The van der Waals surface area contributed by atoms with Gasteiger partial charge in [-0.1, -0.05) is 15.9 Å². The molecule has 1 heterocycles. The molecule has 3 rings (SSSR count). The van der Waals surface area contributed by atoms with Crippen LogP contribution >= 0.6 is 27.7 Å². The number of ether oxygens (including phenoxy) is 1. The SMILES string of the molecule is COc1ccc(C(=O)Sc2nnc(-c3ccc(Br)cc3)o2)c(O)c1. The van der Waals surface area contributed by atoms with E-state index in [2.05, 4.69) is 26.1 Å². The molecule has 1 N–H and O–H groups in total. The van der Waals surface area contributed by atoms with E-state index in [9.17, 15) is 9.90 Å². The second kappa shape index (κ2) is 7.06. The van der Waals surface area contributed by atoms with Crippen LogP contribution in [0.25, 0.3) is 11.5 Å². The van der Waals surface area contributed by atoms with Gasteiger partial charge in [-0.3, -0.25) is 4.79 Å². The molecule has 0 unspecified atom stereocenters. The number of thioether (sulfide) groups is 1. The van der Waals surface area contributed by atoms with Crippen LogP contribution < -0.4 is 4.74 Å². The van der Waals surface area contributed by atoms with E-state index in [0.717, 1.165) is 21.8 Å². The fraction of sp³-hybridized carbons (Fsp3) is 0.0625. The molecule has 3 aromatic rings. The molecule has 0 saturated carbocycles. The van der Waals surface area contributed by atoms with Crippen LogP contribution in [0.5, 0.6) is 11.5 Å². The molecule has 122 valence electrons. The predicted molar refractivity (Wildman–Crippen MR) is 92.3 cm³/mol. The van der Waals surface area contributed by atoms with Crippen molar-refractivity contribution in [3.05, 3.63) is 52.5 Å². The molecule has 0 aliphatic heterocycles. The number of phenols is 1. The molecule has 0 saturated heterocycles. The highest BCUT2D eigenvalue weighted by Gasteiger charge is 2.18. The van der Waals surface area contributed by atoms with E-state index >= 15 is 0 Å². The Balaban J connectivity index is 1.77. The normalized spacial score (nSPS) is 10.6. The highest BCUT2D eigenvalue weighted by molar-refractivity contribution is 9.10. The van der Waals surface area contributed by atoms with Crippen molar-refractivity contribution in [3.8, 4) is 23.0 Å². The molecular weight excluding hydrogens is 396 g/mol. The maximum atomic E-state index is 12.3. The van der Waals surface area contributed by atoms with Gasteiger partial charge in [-0.15, -0.1) is 10.2 Å². The number of benzene rings is 2. The van der Waals surface area contributed by atoms with Gasteiger partial charge in [-0.05, 0) is 36.4 Å². The Morgan fingerprint density at radius 3 is 2.62 bits per heavy atom. The van der Waals surface area contributed by atoms with Crippen LogP contribution in [0.1, 0.15) is 10.4 Å². The molecule has 0 spiro atoms. The molecule has 1 aromatic heterocycles. The van der Waals surface area contributed by atoms with Gasteiger partial charge in [0.2, 0.25) is 11.0 Å². The minimum Gasteiger partial charge on any atom is -0.507 e. The van der Waals surface area contributed by atoms with Crippen molar-refractivity contribution in [2.75, 3.05) is 7.11 Å². The fourth-order valence-corrected chi connectivity index (χ4v) is 2.81. The number of carbonyl (C=O) groups is 1. The summed E-state index contributed by atoms with van der Waals surface area (Å²) in [6, 6.07) is 11.8. The van der Waals surface area contributed by atoms with Crippen LogP contribution in [0.15, 0.2) is 56.6 Å². The van der Waals surface area contributed by atoms with Gasteiger partial charge in [0.25, 0.3) is 5.22 Å². The van der Waals surface area contributed by atoms with E-state index < -0.39 is 5.12 Å². The number of halogens is 1. The second-order valence-electron chi connectivity index (χ2n) is 4.65. The number of nitrogens with zero attached hydrogens (tertiary/aromatic N) is 2. The summed E-state index contributed by atoms with van der Waals surface area (Å²) in [6.45, 7) is 0. The molecule has 0 fully saturated rings. The Bertz CT molecular complexity index is 880. The molecule has 0 radical (unpaired) electrons. The molecular formula is C16H11BrN2O4S. The molecule has 6 nitrogen and oxygen atoms in total. The summed E-state index contributed by atoms with van der Waals surface area (Å²) in [5, 5.41) is 17.4. The number of carbonyl (C=O) groups excluding carboxylic acids is 1. The Morgan fingerprint density at radius 2 is 1.96 bits per heavy atom. The van der Waals surface area contributed by atoms with Crippen molar-refractivity contribution >= 4 is 32.8 Å². The maximum absolute atomic E-state index is 12.3. The summed E-state index contributed by atoms with van der Waals surface area (Å²) in [5.74, 6) is 0.612. The van der Waals surface area contributed by atoms with Crippen LogP contribution in [0.3, 0.4) is 0 Å². The zero-order chi connectivity index (χ0) is 17.1. The minimum absolute atomic E-state index is 0.105. The third-order valence-corrected chi connectivity index (χ3v) is 4.38. The standard InChI is InChI=1S/C16H11BrN2O4S/c1-22-11-6-7-12(13(20)8-11)15(21)24-16-19-18-14(23-16)9-2-4-10(17)5-3-9/h2-8,20H,1H3. The number of aromatic nitrogens is 2. The number of methoxy groups -OCH3 is 1. The highest BCUT2D eigenvalue weighted by Crippen LogP contribution is 2.31. The summed E-state index contributed by atoms with van der Waals surface area (Å²) in [6.07, 6.45) is 0. The molecule has 0 amide bonds. The van der Waals surface area contributed by atoms with Gasteiger partial charge >= 0.3 is 0 Å². The molecule has 0 bridgehead atoms. The Kier molecular flexibility index (Phi) is 4.86. The van der Waals surface area contributed by atoms with Crippen LogP contribution in [-0.2, 0) is 0 Å². The van der Waals surface area contributed by atoms with Gasteiger partial charge in [-0.25, -0.2) is 0 Å². The van der Waals surface area contributed by atoms with Crippen LogP contribution in [-0.4, -0.2) is 27.5 Å². The average molecular weight is 407 g/mol. The van der Waals surface area contributed by atoms with Crippen molar-refractivity contribution in [3.63, 3.8) is 0 Å². The van der Waals surface area contributed by atoms with Crippen molar-refractivity contribution < 1.29 is 19.1 Å². The van der Waals surface area contributed by atoms with E-state index in [1.54, 1.807) is 6.07 Å². The Hall–Kier alpha value is -2.32. The lowest BCUT2D eigenvalue weighted by molar-refractivity contribution is 0.108. The largest absolute Gasteiger partial charge is 0.507 e. The van der Waals surface area contributed by atoms with Gasteiger partial charge in [0.1, 0.15) is 11.5 Å². The quantitative estimate of drug-likeness (QED) is 0.651. The van der Waals surface area contributed by atoms with Crippen molar-refractivity contribution in [1.82, 2.24) is 10.2 Å². The zero-order valence-corrected chi connectivity index (χ0v) is 14.8. The smallest absolute Gasteiger partial charge is 0.284 e. The van der Waals surface area contributed by atoms with E-state index in [1.807, 2.05) is 24.3 Å². The van der Waals surface area contributed by atoms with Gasteiger partial charge in [0.15, 0.2) is 0 Å². The number of aromatic hydroxyl groups is 1. The lowest BCUT2D eigenvalue weighted by Crippen LogP contribution is -1.95. The van der Waals surface area contributed by atoms with Gasteiger partial charge < -0.3 is 14.3 Å². The van der Waals surface area contributed by atoms with Crippen LogP contribution in [0, 0.1) is 0 Å². The summed E-state index contributed by atoms with van der Waals surface area (Å²) in [4.78, 5) is 12.3. The average Bonchev–Trinajstić information content (AvgIpc) is 3.03. The Labute approximate surface area is 150 Å². The van der Waals surface area contributed by atoms with Crippen LogP contribution in [0.4, 0.5) is 0 Å². The molecule has 0 aliphatic rings. The van der Waals surface area contributed by atoms with Crippen molar-refractivity contribution in [2.45, 2.75) is 5.22 Å². The Morgan fingerprint density at radius 1 is 1.21 bits per heavy atom. The summed E-state index contributed by atoms with van der Waals surface area (Å²) in [5.41, 5.74) is 0.890. The second-order valence-corrected chi connectivity index (χ2v) is 6.49. The van der Waals surface area contributed by atoms with Gasteiger partial charge in [-0.2, -0.15) is 0 Å². The number of phenolic OH excluding ortho intramolecular Hbond substituents is 1. The third kappa shape index (κ3) is 3.60. The molecule has 2 aromatic carbocycles. The predicted octanol–water partition coefficient (Wildman–Crippen LogP) is 4.15. The van der Waals surface area contributed by atoms with E-state index in [4.69, 9.17) is 9.15 Å². The monoisotopic (exact) mass is 406 g/mol. The van der Waals surface area contributed by atoms with Gasteiger partial charge in [0, 0.05) is 27.9 Å². The van der Waals surface area contributed by atoms with E-state index in [1.165, 1.54) is 19.2 Å². The molecule has 0 atom stereocenters. The lowest BCUT2D eigenvalue weighted by atomic mass is 10.2. The number of hydrogen-bond acceptors (Lipinski definition) is 7. The highest BCUT2D eigenvalue weighted by atomic mass is 79.9. The van der Waals surface area contributed by atoms with E-state index in [0.29, 0.717) is 11.6 Å². The number of hydrogen-bond donors (Lipinski definition) is 1. The zero-order valence-electron chi connectivity index (χ0n) is 12.4. The first-order valence-electron chi connectivity index (χ1n) is 6.75. The van der Waals surface area contributed by atoms with Crippen molar-refractivity contribution in [2.24, 2.45) is 0 Å². The van der Waals surface area contributed by atoms with E-state index in [-0.39, 0.29) is 16.5 Å². The van der Waals surface area contributed by atoms with Crippen molar-refractivity contribution in [1.29, 1.82) is 0 Å². The number of rotatable bonds is 4. The molecule has 8 heteroatoms. The first-order chi connectivity index (χ1) is 11.6. The minimum atomic E-state index is -0.402. The molecule has 0 aliphatic carbocycles. The fourth-order valence-electron chi connectivity index (χ4n) is 1.91. The first kappa shape index (κ1) is 16.5. The summed E-state index contributed by atoms with van der Waals surface area (Å²) >= 11 is 4.10. The first-order valence-corrected chi connectivity index (χ1v) is 8.36. The summed E-state index contributed by atoms with van der Waals surface area (Å²) in [7, 11) is 1.48. The van der Waals surface area contributed by atoms with Crippen LogP contribution in [0.2, 0.25) is 0 Å². The topological polar surface area (TPSA) is 85.5 Å². The third-order valence-electron chi connectivity index (χ3n) is 3.10.